The Labute approximate surface area is 69.0 Å². The number of aliphatic hydroxyl groups is 1. The van der Waals surface area contributed by atoms with E-state index in [2.05, 4.69) is 26.1 Å². The van der Waals surface area contributed by atoms with Gasteiger partial charge in [0, 0.05) is 12.6 Å². The van der Waals surface area contributed by atoms with Crippen molar-refractivity contribution in [2.75, 3.05) is 6.54 Å². The van der Waals surface area contributed by atoms with Crippen LogP contribution >= 0.6 is 0 Å². The number of nitrogens with one attached hydrogen (secondary N) is 1. The first kappa shape index (κ1) is 9.01. The molecule has 0 amide bonds. The van der Waals surface area contributed by atoms with Crippen molar-refractivity contribution in [3.63, 3.8) is 0 Å². The van der Waals surface area contributed by atoms with E-state index in [9.17, 15) is 5.11 Å². The molecule has 11 heavy (non-hydrogen) atoms. The van der Waals surface area contributed by atoms with Crippen LogP contribution in [0.2, 0.25) is 0 Å². The third kappa shape index (κ3) is 2.17. The third-order valence-corrected chi connectivity index (χ3v) is 2.65. The van der Waals surface area contributed by atoms with Crippen LogP contribution in [0, 0.1) is 11.8 Å². The van der Waals surface area contributed by atoms with Gasteiger partial charge in [-0.3, -0.25) is 0 Å². The topological polar surface area (TPSA) is 32.3 Å². The van der Waals surface area contributed by atoms with Gasteiger partial charge in [-0.15, -0.1) is 0 Å². The molecule has 1 fully saturated rings. The highest BCUT2D eigenvalue weighted by Gasteiger charge is 2.28. The Morgan fingerprint density at radius 3 is 2.55 bits per heavy atom. The lowest BCUT2D eigenvalue weighted by atomic mass is 9.84. The Bertz CT molecular complexity index is 125. The van der Waals surface area contributed by atoms with E-state index in [1.54, 1.807) is 0 Å². The van der Waals surface area contributed by atoms with Gasteiger partial charge in [-0.1, -0.05) is 13.8 Å². The number of piperidine rings is 1. The Morgan fingerprint density at radius 2 is 2.09 bits per heavy atom. The van der Waals surface area contributed by atoms with Crippen LogP contribution in [0.15, 0.2) is 0 Å². The Kier molecular flexibility index (Phi) is 2.90. The van der Waals surface area contributed by atoms with Crippen LogP contribution < -0.4 is 5.32 Å². The van der Waals surface area contributed by atoms with Gasteiger partial charge in [0.25, 0.3) is 0 Å². The van der Waals surface area contributed by atoms with Crippen LogP contribution in [-0.2, 0) is 0 Å². The van der Waals surface area contributed by atoms with Crippen molar-refractivity contribution in [2.24, 2.45) is 11.8 Å². The molecule has 0 aromatic rings. The lowest BCUT2D eigenvalue weighted by Gasteiger charge is -2.34. The van der Waals surface area contributed by atoms with Crippen LogP contribution in [0.3, 0.4) is 0 Å². The lowest BCUT2D eigenvalue weighted by molar-refractivity contribution is 0.0411. The normalized spacial score (nSPS) is 39.5. The van der Waals surface area contributed by atoms with E-state index in [4.69, 9.17) is 0 Å². The molecule has 0 aliphatic carbocycles. The fraction of sp³-hybridized carbons (Fsp3) is 1.00. The average molecular weight is 157 g/mol. The first-order chi connectivity index (χ1) is 5.11. The summed E-state index contributed by atoms with van der Waals surface area (Å²) in [5, 5.41) is 13.1. The summed E-state index contributed by atoms with van der Waals surface area (Å²) < 4.78 is 0. The molecule has 0 saturated carbocycles. The molecule has 0 spiro atoms. The fourth-order valence-corrected chi connectivity index (χ4v) is 1.77. The van der Waals surface area contributed by atoms with Crippen molar-refractivity contribution < 1.29 is 5.11 Å². The summed E-state index contributed by atoms with van der Waals surface area (Å²) in [5.41, 5.74) is 0. The van der Waals surface area contributed by atoms with E-state index in [-0.39, 0.29) is 6.10 Å². The largest absolute Gasteiger partial charge is 0.393 e. The smallest absolute Gasteiger partial charge is 0.0597 e. The van der Waals surface area contributed by atoms with Gasteiger partial charge in [0.2, 0.25) is 0 Å². The highest BCUT2D eigenvalue weighted by Crippen LogP contribution is 2.21. The van der Waals surface area contributed by atoms with Crippen molar-refractivity contribution in [2.45, 2.75) is 39.3 Å². The predicted octanol–water partition coefficient (Wildman–Crippen LogP) is 1.00. The molecule has 1 heterocycles. The molecule has 2 heteroatoms. The minimum absolute atomic E-state index is 0.0914. The molecule has 2 N–H and O–H groups in total. The van der Waals surface area contributed by atoms with Crippen LogP contribution in [0.4, 0.5) is 0 Å². The van der Waals surface area contributed by atoms with Gasteiger partial charge >= 0.3 is 0 Å². The zero-order chi connectivity index (χ0) is 8.43. The van der Waals surface area contributed by atoms with Crippen LogP contribution in [-0.4, -0.2) is 23.8 Å². The Morgan fingerprint density at radius 1 is 1.45 bits per heavy atom. The second-order valence-corrected chi connectivity index (χ2v) is 4.02. The molecule has 2 nitrogen and oxygen atoms in total. The monoisotopic (exact) mass is 157 g/mol. The van der Waals surface area contributed by atoms with E-state index in [0.29, 0.717) is 17.9 Å². The minimum atomic E-state index is -0.0914. The van der Waals surface area contributed by atoms with Crippen LogP contribution in [0.1, 0.15) is 27.2 Å². The first-order valence-electron chi connectivity index (χ1n) is 4.52. The molecule has 1 aliphatic heterocycles. The van der Waals surface area contributed by atoms with Gasteiger partial charge in [-0.25, -0.2) is 0 Å². The second kappa shape index (κ2) is 3.55. The highest BCUT2D eigenvalue weighted by atomic mass is 16.3. The van der Waals surface area contributed by atoms with E-state index in [0.717, 1.165) is 13.0 Å². The summed E-state index contributed by atoms with van der Waals surface area (Å²) in [4.78, 5) is 0. The van der Waals surface area contributed by atoms with Gasteiger partial charge in [-0.05, 0) is 25.2 Å². The molecule has 3 atom stereocenters. The summed E-state index contributed by atoms with van der Waals surface area (Å²) >= 11 is 0. The van der Waals surface area contributed by atoms with Gasteiger partial charge in [-0.2, -0.15) is 0 Å². The van der Waals surface area contributed by atoms with Crippen molar-refractivity contribution in [3.05, 3.63) is 0 Å². The van der Waals surface area contributed by atoms with Crippen molar-refractivity contribution >= 4 is 0 Å². The first-order valence-corrected chi connectivity index (χ1v) is 4.52. The zero-order valence-corrected chi connectivity index (χ0v) is 7.67. The molecule has 1 saturated heterocycles. The van der Waals surface area contributed by atoms with Crippen LogP contribution in [0.5, 0.6) is 0 Å². The maximum absolute atomic E-state index is 9.67. The molecule has 1 rings (SSSR count). The maximum atomic E-state index is 9.67. The minimum Gasteiger partial charge on any atom is -0.393 e. The summed E-state index contributed by atoms with van der Waals surface area (Å²) in [6, 6.07) is 0.486. The number of rotatable bonds is 1. The molecule has 0 aromatic heterocycles. The second-order valence-electron chi connectivity index (χ2n) is 4.02. The Hall–Kier alpha value is -0.0800. The van der Waals surface area contributed by atoms with Gasteiger partial charge in [0.05, 0.1) is 6.10 Å². The van der Waals surface area contributed by atoms with E-state index in [1.165, 1.54) is 0 Å². The highest BCUT2D eigenvalue weighted by molar-refractivity contribution is 4.83. The molecule has 1 aliphatic rings. The van der Waals surface area contributed by atoms with Gasteiger partial charge < -0.3 is 10.4 Å². The summed E-state index contributed by atoms with van der Waals surface area (Å²) in [5.74, 6) is 1.04. The fourth-order valence-electron chi connectivity index (χ4n) is 1.77. The van der Waals surface area contributed by atoms with Crippen molar-refractivity contribution in [3.8, 4) is 0 Å². The summed E-state index contributed by atoms with van der Waals surface area (Å²) in [6.45, 7) is 7.44. The maximum Gasteiger partial charge on any atom is 0.0597 e. The van der Waals surface area contributed by atoms with Crippen LogP contribution in [0.25, 0.3) is 0 Å². The SMILES string of the molecule is CC1CC(O)C(C(C)C)CN1. The van der Waals surface area contributed by atoms with Gasteiger partial charge in [0.15, 0.2) is 0 Å². The molecular weight excluding hydrogens is 138 g/mol. The quantitative estimate of drug-likeness (QED) is 0.595. The molecule has 0 radical (unpaired) electrons. The number of aliphatic hydroxyl groups excluding tert-OH is 1. The van der Waals surface area contributed by atoms with Crippen molar-refractivity contribution in [1.82, 2.24) is 5.32 Å². The lowest BCUT2D eigenvalue weighted by Crippen LogP contribution is -2.46. The standard InChI is InChI=1S/C9H19NO/c1-6(2)8-5-10-7(3)4-9(8)11/h6-11H,4-5H2,1-3H3. The molecular formula is C9H19NO. The number of hydrogen-bond acceptors (Lipinski definition) is 2. The van der Waals surface area contributed by atoms with Crippen molar-refractivity contribution in [1.29, 1.82) is 0 Å². The summed E-state index contributed by atoms with van der Waals surface area (Å²) in [6.07, 6.45) is 0.814. The Balaban J connectivity index is 2.44. The van der Waals surface area contributed by atoms with E-state index < -0.39 is 0 Å². The van der Waals surface area contributed by atoms with Gasteiger partial charge in [0.1, 0.15) is 0 Å². The summed E-state index contributed by atoms with van der Waals surface area (Å²) in [7, 11) is 0. The van der Waals surface area contributed by atoms with E-state index >= 15 is 0 Å². The molecule has 66 valence electrons. The molecule has 3 unspecified atom stereocenters. The molecule has 0 aromatic carbocycles. The molecule has 0 bridgehead atoms. The average Bonchev–Trinajstić information content (AvgIpc) is 1.85. The third-order valence-electron chi connectivity index (χ3n) is 2.65. The zero-order valence-electron chi connectivity index (χ0n) is 7.67. The number of hydrogen-bond donors (Lipinski definition) is 2. The predicted molar refractivity (Wildman–Crippen MR) is 46.4 cm³/mol. The van der Waals surface area contributed by atoms with E-state index in [1.807, 2.05) is 0 Å².